The molecule has 0 fully saturated rings. The van der Waals surface area contributed by atoms with Crippen LogP contribution in [-0.4, -0.2) is 14.8 Å². The van der Waals surface area contributed by atoms with Crippen LogP contribution in [0.4, 0.5) is 5.95 Å². The van der Waals surface area contributed by atoms with E-state index in [0.717, 1.165) is 16.8 Å². The molecule has 0 unspecified atom stereocenters. The minimum Gasteiger partial charge on any atom is -0.348 e. The number of hydrogen-bond acceptors (Lipinski definition) is 3. The predicted octanol–water partition coefficient (Wildman–Crippen LogP) is 4.19. The number of nitrogens with one attached hydrogen (secondary N) is 1. The number of rotatable bonds is 2. The molecular weight excluding hydrogens is 340 g/mol. The second-order valence-corrected chi connectivity index (χ2v) is 6.36. The molecule has 1 N–H and O–H groups in total. The summed E-state index contributed by atoms with van der Waals surface area (Å²) >= 11 is 3.56. The van der Waals surface area contributed by atoms with Crippen LogP contribution in [0.3, 0.4) is 0 Å². The zero-order valence-corrected chi connectivity index (χ0v) is 13.4. The Hall–Kier alpha value is -2.14. The molecule has 0 saturated heterocycles. The van der Waals surface area contributed by atoms with Gasteiger partial charge in [-0.05, 0) is 29.7 Å². The molecule has 2 atom stereocenters. The van der Waals surface area contributed by atoms with Gasteiger partial charge in [-0.2, -0.15) is 10.1 Å². The molecule has 1 aromatic heterocycles. The van der Waals surface area contributed by atoms with Gasteiger partial charge in [-0.1, -0.05) is 58.4 Å². The highest BCUT2D eigenvalue weighted by Crippen LogP contribution is 2.37. The van der Waals surface area contributed by atoms with E-state index in [2.05, 4.69) is 73.8 Å². The van der Waals surface area contributed by atoms with Crippen molar-refractivity contribution in [2.75, 3.05) is 5.32 Å². The molecule has 0 saturated carbocycles. The van der Waals surface area contributed by atoms with Crippen molar-refractivity contribution < 1.29 is 0 Å². The van der Waals surface area contributed by atoms with Crippen molar-refractivity contribution in [3.8, 4) is 0 Å². The SMILES string of the molecule is Brc1cccc([C@@H]2C[C@@H](c3ccccc3)Nc3ncnn32)c1. The van der Waals surface area contributed by atoms with E-state index >= 15 is 0 Å². The Morgan fingerprint density at radius 2 is 1.86 bits per heavy atom. The molecule has 0 aliphatic carbocycles. The maximum atomic E-state index is 4.40. The number of halogens is 1. The molecule has 0 bridgehead atoms. The van der Waals surface area contributed by atoms with Gasteiger partial charge in [0.15, 0.2) is 0 Å². The third kappa shape index (κ3) is 2.41. The number of hydrogen-bond donors (Lipinski definition) is 1. The lowest BCUT2D eigenvalue weighted by Gasteiger charge is -2.31. The Balaban J connectivity index is 1.75. The van der Waals surface area contributed by atoms with Gasteiger partial charge in [0, 0.05) is 4.47 Å². The van der Waals surface area contributed by atoms with Crippen molar-refractivity contribution >= 4 is 21.9 Å². The Morgan fingerprint density at radius 1 is 1.05 bits per heavy atom. The molecule has 22 heavy (non-hydrogen) atoms. The maximum Gasteiger partial charge on any atom is 0.222 e. The molecule has 1 aliphatic heterocycles. The van der Waals surface area contributed by atoms with Crippen molar-refractivity contribution in [3.63, 3.8) is 0 Å². The lowest BCUT2D eigenvalue weighted by atomic mass is 9.93. The summed E-state index contributed by atoms with van der Waals surface area (Å²) < 4.78 is 3.06. The van der Waals surface area contributed by atoms with E-state index in [4.69, 9.17) is 0 Å². The normalized spacial score (nSPS) is 20.2. The molecule has 2 heterocycles. The van der Waals surface area contributed by atoms with Crippen LogP contribution in [0.2, 0.25) is 0 Å². The topological polar surface area (TPSA) is 42.7 Å². The number of nitrogens with zero attached hydrogens (tertiary/aromatic N) is 3. The summed E-state index contributed by atoms with van der Waals surface area (Å²) in [7, 11) is 0. The molecule has 0 radical (unpaired) electrons. The second kappa shape index (κ2) is 5.57. The molecule has 4 nitrogen and oxygen atoms in total. The van der Waals surface area contributed by atoms with Crippen molar-refractivity contribution in [2.24, 2.45) is 0 Å². The summed E-state index contributed by atoms with van der Waals surface area (Å²) in [6.45, 7) is 0. The van der Waals surface area contributed by atoms with Crippen LogP contribution in [0.5, 0.6) is 0 Å². The fraction of sp³-hybridized carbons (Fsp3) is 0.176. The largest absolute Gasteiger partial charge is 0.348 e. The van der Waals surface area contributed by atoms with Crippen LogP contribution in [-0.2, 0) is 0 Å². The van der Waals surface area contributed by atoms with E-state index in [1.165, 1.54) is 11.1 Å². The summed E-state index contributed by atoms with van der Waals surface area (Å²) in [5.41, 5.74) is 2.51. The summed E-state index contributed by atoms with van der Waals surface area (Å²) in [5, 5.41) is 7.89. The highest BCUT2D eigenvalue weighted by atomic mass is 79.9. The Labute approximate surface area is 137 Å². The first-order valence-corrected chi connectivity index (χ1v) is 8.07. The average molecular weight is 355 g/mol. The van der Waals surface area contributed by atoms with Crippen molar-refractivity contribution in [3.05, 3.63) is 76.5 Å². The number of fused-ring (bicyclic) bond motifs is 1. The first-order chi connectivity index (χ1) is 10.8. The maximum absolute atomic E-state index is 4.40. The summed E-state index contributed by atoms with van der Waals surface area (Å²) in [6, 6.07) is 19.3. The predicted molar refractivity (Wildman–Crippen MR) is 89.7 cm³/mol. The van der Waals surface area contributed by atoms with Gasteiger partial charge in [-0.3, -0.25) is 0 Å². The van der Waals surface area contributed by atoms with E-state index < -0.39 is 0 Å². The van der Waals surface area contributed by atoms with Crippen LogP contribution in [0.25, 0.3) is 0 Å². The molecule has 3 aromatic rings. The molecular formula is C17H15BrN4. The molecule has 5 heteroatoms. The molecule has 4 rings (SSSR count). The molecule has 1 aliphatic rings. The van der Waals surface area contributed by atoms with Crippen LogP contribution in [0.15, 0.2) is 65.4 Å². The van der Waals surface area contributed by atoms with Gasteiger partial charge in [-0.25, -0.2) is 4.68 Å². The lowest BCUT2D eigenvalue weighted by Crippen LogP contribution is -2.28. The van der Waals surface area contributed by atoms with Gasteiger partial charge in [0.05, 0.1) is 12.1 Å². The van der Waals surface area contributed by atoms with Crippen LogP contribution in [0.1, 0.15) is 29.6 Å². The van der Waals surface area contributed by atoms with Gasteiger partial charge in [-0.15, -0.1) is 0 Å². The summed E-state index contributed by atoms with van der Waals surface area (Å²) in [4.78, 5) is 4.36. The standard InChI is InChI=1S/C17H15BrN4/c18-14-8-4-7-13(9-14)16-10-15(12-5-2-1-3-6-12)21-17-19-11-20-22(16)17/h1-9,11,15-16H,10H2,(H,19,20,21)/t15-,16-/m0/s1. The average Bonchev–Trinajstić information content (AvgIpc) is 3.03. The van der Waals surface area contributed by atoms with Crippen LogP contribution < -0.4 is 5.32 Å². The first kappa shape index (κ1) is 13.5. The Kier molecular flexibility index (Phi) is 3.42. The molecule has 0 spiro atoms. The van der Waals surface area contributed by atoms with E-state index in [0.29, 0.717) is 0 Å². The van der Waals surface area contributed by atoms with Gasteiger partial charge >= 0.3 is 0 Å². The minimum absolute atomic E-state index is 0.182. The smallest absolute Gasteiger partial charge is 0.222 e. The summed E-state index contributed by atoms with van der Waals surface area (Å²) in [6.07, 6.45) is 2.55. The quantitative estimate of drug-likeness (QED) is 0.750. The number of anilines is 1. The van der Waals surface area contributed by atoms with E-state index in [9.17, 15) is 0 Å². The molecule has 2 aromatic carbocycles. The third-order valence-corrected chi connectivity index (χ3v) is 4.56. The summed E-state index contributed by atoms with van der Waals surface area (Å²) in [5.74, 6) is 0.824. The fourth-order valence-electron chi connectivity index (χ4n) is 3.02. The number of aromatic nitrogens is 3. The lowest BCUT2D eigenvalue weighted by molar-refractivity contribution is 0.430. The van der Waals surface area contributed by atoms with Crippen LogP contribution >= 0.6 is 15.9 Å². The van der Waals surface area contributed by atoms with Gasteiger partial charge < -0.3 is 5.32 Å². The van der Waals surface area contributed by atoms with E-state index in [-0.39, 0.29) is 12.1 Å². The van der Waals surface area contributed by atoms with Gasteiger partial charge in [0.2, 0.25) is 5.95 Å². The van der Waals surface area contributed by atoms with Gasteiger partial charge in [0.1, 0.15) is 6.33 Å². The third-order valence-electron chi connectivity index (χ3n) is 4.07. The monoisotopic (exact) mass is 354 g/mol. The van der Waals surface area contributed by atoms with E-state index in [1.54, 1.807) is 6.33 Å². The second-order valence-electron chi connectivity index (χ2n) is 5.44. The zero-order chi connectivity index (χ0) is 14.9. The van der Waals surface area contributed by atoms with Gasteiger partial charge in [0.25, 0.3) is 0 Å². The van der Waals surface area contributed by atoms with Crippen molar-refractivity contribution in [1.29, 1.82) is 0 Å². The van der Waals surface area contributed by atoms with Crippen molar-refractivity contribution in [2.45, 2.75) is 18.5 Å². The van der Waals surface area contributed by atoms with Crippen molar-refractivity contribution in [1.82, 2.24) is 14.8 Å². The molecule has 110 valence electrons. The molecule has 0 amide bonds. The highest BCUT2D eigenvalue weighted by Gasteiger charge is 2.29. The Morgan fingerprint density at radius 3 is 2.68 bits per heavy atom. The Bertz CT molecular complexity index is 784. The fourth-order valence-corrected chi connectivity index (χ4v) is 3.43. The minimum atomic E-state index is 0.182. The highest BCUT2D eigenvalue weighted by molar-refractivity contribution is 9.10. The van der Waals surface area contributed by atoms with E-state index in [1.807, 2.05) is 16.8 Å². The zero-order valence-electron chi connectivity index (χ0n) is 11.9. The first-order valence-electron chi connectivity index (χ1n) is 7.28. The van der Waals surface area contributed by atoms with Crippen LogP contribution in [0, 0.1) is 0 Å². The number of benzene rings is 2.